The highest BCUT2D eigenvalue weighted by molar-refractivity contribution is 5.79. The number of alkyl halides is 3. The topological polar surface area (TPSA) is 45.7 Å². The quantitative estimate of drug-likeness (QED) is 0.820. The minimum atomic E-state index is -4.69. The van der Waals surface area contributed by atoms with Gasteiger partial charge in [0.1, 0.15) is 5.76 Å². The fourth-order valence-corrected chi connectivity index (χ4v) is 3.15. The van der Waals surface area contributed by atoms with Gasteiger partial charge in [0.2, 0.25) is 5.91 Å². The van der Waals surface area contributed by atoms with Gasteiger partial charge >= 0.3 is 6.36 Å². The summed E-state index contributed by atoms with van der Waals surface area (Å²) >= 11 is 0. The fourth-order valence-electron chi connectivity index (χ4n) is 3.15. The number of aromatic nitrogens is 1. The fraction of sp³-hybridized carbons (Fsp3) is 0.444. The molecule has 1 amide bonds. The van der Waals surface area contributed by atoms with E-state index in [-0.39, 0.29) is 24.5 Å². The van der Waals surface area contributed by atoms with Gasteiger partial charge in [-0.2, -0.15) is 0 Å². The Morgan fingerprint density at radius 2 is 1.85 bits per heavy atom. The number of carbonyl (C=O) groups is 1. The summed E-state index contributed by atoms with van der Waals surface area (Å²) in [6.07, 6.45) is 2.64. The number of pyridine rings is 1. The van der Waals surface area contributed by atoms with E-state index in [0.717, 1.165) is 5.69 Å². The molecule has 0 N–H and O–H groups in total. The van der Waals surface area contributed by atoms with E-state index in [9.17, 15) is 18.0 Å². The van der Waals surface area contributed by atoms with Crippen molar-refractivity contribution in [2.24, 2.45) is 0 Å². The van der Waals surface area contributed by atoms with Gasteiger partial charge in [0, 0.05) is 50.7 Å². The monoisotopic (exact) mass is 367 g/mol. The van der Waals surface area contributed by atoms with Crippen LogP contribution in [0.25, 0.3) is 0 Å². The molecule has 1 aromatic heterocycles. The smallest absolute Gasteiger partial charge is 0.410 e. The van der Waals surface area contributed by atoms with Gasteiger partial charge in [-0.25, -0.2) is 0 Å². The number of nitrogens with zero attached hydrogens (tertiary/aromatic N) is 3. The zero-order chi connectivity index (χ0) is 18.6. The van der Waals surface area contributed by atoms with Gasteiger partial charge < -0.3 is 14.5 Å². The molecule has 3 rings (SSSR count). The molecule has 0 unspecified atom stereocenters. The van der Waals surface area contributed by atoms with E-state index < -0.39 is 6.36 Å². The Morgan fingerprint density at radius 3 is 2.50 bits per heavy atom. The van der Waals surface area contributed by atoms with Crippen LogP contribution in [0.1, 0.15) is 19.3 Å². The molecule has 26 heavy (non-hydrogen) atoms. The number of piperazine rings is 1. The number of anilines is 1. The van der Waals surface area contributed by atoms with E-state index in [0.29, 0.717) is 38.2 Å². The highest BCUT2D eigenvalue weighted by atomic mass is 19.4. The summed E-state index contributed by atoms with van der Waals surface area (Å²) in [7, 11) is 0. The molecular weight excluding hydrogens is 347 g/mol. The van der Waals surface area contributed by atoms with Crippen molar-refractivity contribution in [2.75, 3.05) is 31.1 Å². The first kappa shape index (κ1) is 18.3. The Kier molecular flexibility index (Phi) is 5.49. The zero-order valence-electron chi connectivity index (χ0n) is 14.2. The number of rotatable bonds is 4. The van der Waals surface area contributed by atoms with Gasteiger partial charge in [-0.05, 0) is 30.2 Å². The molecule has 0 radical (unpaired) electrons. The van der Waals surface area contributed by atoms with Gasteiger partial charge in [0.25, 0.3) is 0 Å². The average molecular weight is 367 g/mol. The molecule has 0 atom stereocenters. The maximum absolute atomic E-state index is 12.5. The minimum absolute atomic E-state index is 0.0739. The second-order valence-electron chi connectivity index (χ2n) is 6.23. The molecule has 0 saturated carbocycles. The Hall–Kier alpha value is -2.51. The summed E-state index contributed by atoms with van der Waals surface area (Å²) in [4.78, 5) is 20.4. The minimum Gasteiger partial charge on any atom is -0.410 e. The molecule has 0 aromatic carbocycles. The van der Waals surface area contributed by atoms with Crippen molar-refractivity contribution in [1.29, 1.82) is 0 Å². The summed E-state index contributed by atoms with van der Waals surface area (Å²) in [5.74, 6) is -0.208. The van der Waals surface area contributed by atoms with Crippen LogP contribution in [0, 0.1) is 0 Å². The first-order valence-electron chi connectivity index (χ1n) is 8.49. The van der Waals surface area contributed by atoms with Crippen LogP contribution in [0.2, 0.25) is 0 Å². The molecule has 0 spiro atoms. The summed E-state index contributed by atoms with van der Waals surface area (Å²) in [6, 6.07) is 3.86. The third-order valence-corrected chi connectivity index (χ3v) is 4.41. The van der Waals surface area contributed by atoms with Crippen LogP contribution in [0.3, 0.4) is 0 Å². The summed E-state index contributed by atoms with van der Waals surface area (Å²) in [5, 5.41) is 0. The van der Waals surface area contributed by atoms with E-state index in [4.69, 9.17) is 0 Å². The SMILES string of the molecule is O=C(CC1=CCCC(OC(F)(F)F)=C1)N1CCN(c2ccncc2)CC1. The first-order chi connectivity index (χ1) is 12.4. The van der Waals surface area contributed by atoms with Crippen LogP contribution in [0.5, 0.6) is 0 Å². The first-order valence-corrected chi connectivity index (χ1v) is 8.49. The van der Waals surface area contributed by atoms with E-state index >= 15 is 0 Å². The van der Waals surface area contributed by atoms with Gasteiger partial charge in [-0.3, -0.25) is 9.78 Å². The molecule has 1 aliphatic heterocycles. The van der Waals surface area contributed by atoms with E-state index in [1.165, 1.54) is 6.08 Å². The second kappa shape index (κ2) is 7.80. The van der Waals surface area contributed by atoms with Crippen LogP contribution < -0.4 is 4.90 Å². The lowest BCUT2D eigenvalue weighted by Gasteiger charge is -2.36. The maximum Gasteiger partial charge on any atom is 0.572 e. The van der Waals surface area contributed by atoms with Crippen molar-refractivity contribution < 1.29 is 22.7 Å². The van der Waals surface area contributed by atoms with Crippen LogP contribution in [0.4, 0.5) is 18.9 Å². The van der Waals surface area contributed by atoms with Gasteiger partial charge in [0.05, 0.1) is 6.42 Å². The largest absolute Gasteiger partial charge is 0.572 e. The molecule has 1 fully saturated rings. The lowest BCUT2D eigenvalue weighted by molar-refractivity contribution is -0.306. The third kappa shape index (κ3) is 5.00. The standard InChI is InChI=1S/C18H20F3N3O2/c19-18(20,21)26-16-3-1-2-14(12-16)13-17(25)24-10-8-23(9-11-24)15-4-6-22-7-5-15/h2,4-7,12H,1,3,8-11,13H2. The molecule has 1 aliphatic carbocycles. The average Bonchev–Trinajstić information content (AvgIpc) is 2.61. The van der Waals surface area contributed by atoms with Crippen molar-refractivity contribution in [3.63, 3.8) is 0 Å². The second-order valence-corrected chi connectivity index (χ2v) is 6.23. The maximum atomic E-state index is 12.5. The molecule has 2 aliphatic rings. The van der Waals surface area contributed by atoms with Crippen molar-refractivity contribution >= 4 is 11.6 Å². The Morgan fingerprint density at radius 1 is 1.15 bits per heavy atom. The van der Waals surface area contributed by atoms with Crippen LogP contribution >= 0.6 is 0 Å². The normalized spacial score (nSPS) is 18.3. The van der Waals surface area contributed by atoms with Crippen molar-refractivity contribution in [2.45, 2.75) is 25.6 Å². The number of carbonyl (C=O) groups excluding carboxylic acids is 1. The summed E-state index contributed by atoms with van der Waals surface area (Å²) < 4.78 is 41.0. The number of amides is 1. The number of halogens is 3. The summed E-state index contributed by atoms with van der Waals surface area (Å²) in [5.41, 5.74) is 1.65. The molecule has 140 valence electrons. The predicted molar refractivity (Wildman–Crippen MR) is 90.2 cm³/mol. The van der Waals surface area contributed by atoms with E-state index in [1.807, 2.05) is 12.1 Å². The Bertz CT molecular complexity index is 693. The predicted octanol–water partition coefficient (Wildman–Crippen LogP) is 3.26. The third-order valence-electron chi connectivity index (χ3n) is 4.41. The van der Waals surface area contributed by atoms with Gasteiger partial charge in [-0.1, -0.05) is 6.08 Å². The number of hydrogen-bond donors (Lipinski definition) is 0. The lowest BCUT2D eigenvalue weighted by atomic mass is 10.0. The molecular formula is C18H20F3N3O2. The van der Waals surface area contributed by atoms with E-state index in [2.05, 4.69) is 14.6 Å². The molecule has 0 bridgehead atoms. The van der Waals surface area contributed by atoms with E-state index in [1.54, 1.807) is 23.4 Å². The summed E-state index contributed by atoms with van der Waals surface area (Å²) in [6.45, 7) is 2.61. The van der Waals surface area contributed by atoms with Gasteiger partial charge in [0.15, 0.2) is 0 Å². The van der Waals surface area contributed by atoms with Crippen LogP contribution in [-0.4, -0.2) is 48.3 Å². The van der Waals surface area contributed by atoms with Crippen LogP contribution in [-0.2, 0) is 9.53 Å². The number of allylic oxidation sites excluding steroid dienone is 3. The van der Waals surface area contributed by atoms with Crippen molar-refractivity contribution in [3.8, 4) is 0 Å². The molecule has 8 heteroatoms. The van der Waals surface area contributed by atoms with Gasteiger partial charge in [-0.15, -0.1) is 13.2 Å². The number of ether oxygens (including phenoxy) is 1. The molecule has 5 nitrogen and oxygen atoms in total. The van der Waals surface area contributed by atoms with Crippen molar-refractivity contribution in [1.82, 2.24) is 9.88 Å². The highest BCUT2D eigenvalue weighted by Crippen LogP contribution is 2.28. The lowest BCUT2D eigenvalue weighted by Crippen LogP contribution is -2.48. The molecule has 1 aromatic rings. The Labute approximate surface area is 149 Å². The molecule has 1 saturated heterocycles. The highest BCUT2D eigenvalue weighted by Gasteiger charge is 2.32. The zero-order valence-corrected chi connectivity index (χ0v) is 14.2. The number of hydrogen-bond acceptors (Lipinski definition) is 4. The van der Waals surface area contributed by atoms with Crippen LogP contribution in [0.15, 0.2) is 48.0 Å². The Balaban J connectivity index is 1.52. The van der Waals surface area contributed by atoms with Crippen molar-refractivity contribution in [3.05, 3.63) is 48.0 Å². The molecule has 2 heterocycles.